The van der Waals surface area contributed by atoms with Crippen molar-refractivity contribution < 1.29 is 14.3 Å². The van der Waals surface area contributed by atoms with E-state index in [0.717, 1.165) is 43.4 Å². The molecular weight excluding hydrogens is 292 g/mol. The Hall–Kier alpha value is -2.04. The number of imide groups is 1. The van der Waals surface area contributed by atoms with Crippen molar-refractivity contribution >= 4 is 11.9 Å². The molecule has 1 spiro atoms. The van der Waals surface area contributed by atoms with Gasteiger partial charge in [-0.15, -0.1) is 0 Å². The summed E-state index contributed by atoms with van der Waals surface area (Å²) < 4.78 is 5.74. The van der Waals surface area contributed by atoms with E-state index in [1.165, 1.54) is 4.90 Å². The molecule has 23 heavy (non-hydrogen) atoms. The Kier molecular flexibility index (Phi) is 4.28. The third-order valence-electron chi connectivity index (χ3n) is 5.15. The molecule has 1 aromatic carbocycles. The maximum Gasteiger partial charge on any atom is 0.327 e. The van der Waals surface area contributed by atoms with Crippen molar-refractivity contribution in [2.75, 3.05) is 20.2 Å². The molecule has 1 aromatic rings. The molecule has 5 nitrogen and oxygen atoms in total. The molecule has 3 rings (SSSR count). The number of hydrogen-bond donors (Lipinski definition) is 0. The summed E-state index contributed by atoms with van der Waals surface area (Å²) in [5.74, 6) is 0.755. The van der Waals surface area contributed by atoms with Crippen LogP contribution in [0.1, 0.15) is 37.7 Å². The van der Waals surface area contributed by atoms with Crippen LogP contribution in [0.25, 0.3) is 0 Å². The normalized spacial score (nSPS) is 20.4. The average Bonchev–Trinajstić information content (AvgIpc) is 2.73. The summed E-state index contributed by atoms with van der Waals surface area (Å²) in [5, 5.41) is 0. The van der Waals surface area contributed by atoms with Crippen molar-refractivity contribution in [3.05, 3.63) is 29.8 Å². The van der Waals surface area contributed by atoms with E-state index in [4.69, 9.17) is 4.74 Å². The predicted octanol–water partition coefficient (Wildman–Crippen LogP) is 2.97. The van der Waals surface area contributed by atoms with E-state index in [1.54, 1.807) is 11.9 Å². The summed E-state index contributed by atoms with van der Waals surface area (Å²) in [6, 6.07) is 7.56. The molecule has 1 saturated carbocycles. The van der Waals surface area contributed by atoms with Crippen molar-refractivity contribution in [1.82, 2.24) is 9.80 Å². The van der Waals surface area contributed by atoms with Gasteiger partial charge in [-0.05, 0) is 31.4 Å². The van der Waals surface area contributed by atoms with Gasteiger partial charge in [0.25, 0.3) is 5.91 Å². The number of rotatable bonds is 4. The van der Waals surface area contributed by atoms with E-state index >= 15 is 0 Å². The highest BCUT2D eigenvalue weighted by Gasteiger charge is 2.55. The Bertz CT molecular complexity index is 608. The molecule has 0 atom stereocenters. The van der Waals surface area contributed by atoms with Gasteiger partial charge in [-0.3, -0.25) is 9.69 Å². The fourth-order valence-corrected chi connectivity index (χ4v) is 3.69. The second-order valence-corrected chi connectivity index (χ2v) is 6.50. The number of amides is 3. The monoisotopic (exact) mass is 316 g/mol. The first kappa shape index (κ1) is 15.8. The molecule has 1 aliphatic carbocycles. The lowest BCUT2D eigenvalue weighted by Crippen LogP contribution is -2.49. The lowest BCUT2D eigenvalue weighted by Gasteiger charge is -2.35. The number of hydrogen-bond acceptors (Lipinski definition) is 3. The van der Waals surface area contributed by atoms with E-state index in [9.17, 15) is 9.59 Å². The summed E-state index contributed by atoms with van der Waals surface area (Å²) >= 11 is 0. The minimum atomic E-state index is -0.599. The zero-order chi connectivity index (χ0) is 16.4. The van der Waals surface area contributed by atoms with E-state index < -0.39 is 5.54 Å². The molecule has 0 radical (unpaired) electrons. The molecule has 1 aliphatic heterocycles. The number of likely N-dealkylation sites (N-methyl/N-ethyl adjacent to an activating group) is 1. The van der Waals surface area contributed by atoms with Crippen molar-refractivity contribution in [3.8, 4) is 5.75 Å². The van der Waals surface area contributed by atoms with Crippen molar-refractivity contribution in [1.29, 1.82) is 0 Å². The highest BCUT2D eigenvalue weighted by atomic mass is 16.5. The van der Waals surface area contributed by atoms with Gasteiger partial charge in [-0.1, -0.05) is 37.5 Å². The number of para-hydroxylation sites is 1. The first-order valence-electron chi connectivity index (χ1n) is 8.34. The molecule has 5 heteroatoms. The number of carbonyl (C=O) groups excluding carboxylic acids is 2. The number of urea groups is 1. The Morgan fingerprint density at radius 2 is 1.83 bits per heavy atom. The van der Waals surface area contributed by atoms with Gasteiger partial charge >= 0.3 is 6.03 Å². The van der Waals surface area contributed by atoms with Crippen molar-refractivity contribution in [3.63, 3.8) is 0 Å². The number of ether oxygens (including phenoxy) is 1. The smallest absolute Gasteiger partial charge is 0.327 e. The van der Waals surface area contributed by atoms with Gasteiger partial charge in [0.2, 0.25) is 0 Å². The molecule has 1 saturated heterocycles. The minimum absolute atomic E-state index is 0.0434. The number of aryl methyl sites for hydroxylation is 1. The quantitative estimate of drug-likeness (QED) is 0.802. The molecule has 0 aromatic heterocycles. The molecule has 0 unspecified atom stereocenters. The largest absolute Gasteiger partial charge is 0.491 e. The number of carbonyl (C=O) groups is 2. The number of nitrogens with zero attached hydrogens (tertiary/aromatic N) is 2. The summed E-state index contributed by atoms with van der Waals surface area (Å²) in [6.45, 7) is 2.61. The van der Waals surface area contributed by atoms with E-state index in [2.05, 4.69) is 0 Å². The summed E-state index contributed by atoms with van der Waals surface area (Å²) in [6.07, 6.45) is 4.73. The lowest BCUT2D eigenvalue weighted by molar-refractivity contribution is -0.134. The van der Waals surface area contributed by atoms with Gasteiger partial charge in [0, 0.05) is 7.05 Å². The van der Waals surface area contributed by atoms with Crippen LogP contribution in [-0.4, -0.2) is 47.5 Å². The SMILES string of the molecule is Cc1ccccc1OCCN1C(=O)N(C)C2(CCCCC2)C1=O. The van der Waals surface area contributed by atoms with Crippen LogP contribution in [0.3, 0.4) is 0 Å². The van der Waals surface area contributed by atoms with Crippen LogP contribution >= 0.6 is 0 Å². The van der Waals surface area contributed by atoms with Crippen LogP contribution < -0.4 is 4.74 Å². The molecule has 3 amide bonds. The topological polar surface area (TPSA) is 49.9 Å². The maximum absolute atomic E-state index is 12.8. The van der Waals surface area contributed by atoms with Gasteiger partial charge in [0.05, 0.1) is 6.54 Å². The Morgan fingerprint density at radius 1 is 1.13 bits per heavy atom. The molecule has 124 valence electrons. The molecule has 0 bridgehead atoms. The van der Waals surface area contributed by atoms with Crippen LogP contribution in [0.4, 0.5) is 4.79 Å². The van der Waals surface area contributed by atoms with Crippen LogP contribution in [0, 0.1) is 6.92 Å². The van der Waals surface area contributed by atoms with Crippen LogP contribution in [0.5, 0.6) is 5.75 Å². The van der Waals surface area contributed by atoms with E-state index in [0.29, 0.717) is 13.2 Å². The highest BCUT2D eigenvalue weighted by Crippen LogP contribution is 2.39. The fourth-order valence-electron chi connectivity index (χ4n) is 3.69. The molecule has 2 fully saturated rings. The fraction of sp³-hybridized carbons (Fsp3) is 0.556. The van der Waals surface area contributed by atoms with Gasteiger partial charge in [-0.25, -0.2) is 4.79 Å². The molecular formula is C18H24N2O3. The average molecular weight is 316 g/mol. The minimum Gasteiger partial charge on any atom is -0.491 e. The zero-order valence-electron chi connectivity index (χ0n) is 13.9. The van der Waals surface area contributed by atoms with E-state index in [-0.39, 0.29) is 11.9 Å². The highest BCUT2D eigenvalue weighted by molar-refractivity contribution is 6.06. The maximum atomic E-state index is 12.8. The van der Waals surface area contributed by atoms with Crippen LogP contribution in [0.15, 0.2) is 24.3 Å². The Labute approximate surface area is 137 Å². The second kappa shape index (κ2) is 6.22. The predicted molar refractivity (Wildman–Crippen MR) is 87.4 cm³/mol. The van der Waals surface area contributed by atoms with Crippen molar-refractivity contribution in [2.45, 2.75) is 44.6 Å². The zero-order valence-corrected chi connectivity index (χ0v) is 13.9. The molecule has 0 N–H and O–H groups in total. The van der Waals surface area contributed by atoms with E-state index in [1.807, 2.05) is 31.2 Å². The second-order valence-electron chi connectivity index (χ2n) is 6.50. The first-order chi connectivity index (χ1) is 11.1. The molecule has 2 aliphatic rings. The third-order valence-corrected chi connectivity index (χ3v) is 5.15. The summed E-state index contributed by atoms with van der Waals surface area (Å²) in [4.78, 5) is 28.3. The Morgan fingerprint density at radius 3 is 2.52 bits per heavy atom. The third kappa shape index (κ3) is 2.69. The summed E-state index contributed by atoms with van der Waals surface area (Å²) in [5.41, 5.74) is 0.449. The van der Waals surface area contributed by atoms with Gasteiger partial charge in [0.15, 0.2) is 0 Å². The van der Waals surface area contributed by atoms with Gasteiger partial charge in [-0.2, -0.15) is 0 Å². The van der Waals surface area contributed by atoms with Gasteiger partial charge in [0.1, 0.15) is 17.9 Å². The summed E-state index contributed by atoms with van der Waals surface area (Å²) in [7, 11) is 1.76. The Balaban J connectivity index is 1.65. The van der Waals surface area contributed by atoms with Crippen molar-refractivity contribution in [2.24, 2.45) is 0 Å². The molecule has 1 heterocycles. The van der Waals surface area contributed by atoms with Crippen LogP contribution in [0.2, 0.25) is 0 Å². The van der Waals surface area contributed by atoms with Gasteiger partial charge < -0.3 is 9.64 Å². The lowest BCUT2D eigenvalue weighted by atomic mass is 9.81. The standard InChI is InChI=1S/C18H24N2O3/c1-14-8-4-5-9-15(14)23-13-12-20-16(21)18(19(2)17(20)22)10-6-3-7-11-18/h4-5,8-9H,3,6-7,10-13H2,1-2H3. The first-order valence-corrected chi connectivity index (χ1v) is 8.34. The number of benzene rings is 1. The van der Waals surface area contributed by atoms with Crippen LogP contribution in [-0.2, 0) is 4.79 Å².